The van der Waals surface area contributed by atoms with Crippen LogP contribution in [0.4, 0.5) is 5.88 Å². The lowest BCUT2D eigenvalue weighted by Crippen LogP contribution is -2.07. The third-order valence-corrected chi connectivity index (χ3v) is 6.55. The van der Waals surface area contributed by atoms with Crippen LogP contribution >= 0.6 is 11.3 Å². The predicted octanol–water partition coefficient (Wildman–Crippen LogP) is 4.75. The monoisotopic (exact) mass is 423 g/mol. The summed E-state index contributed by atoms with van der Waals surface area (Å²) >= 11 is 1.57. The van der Waals surface area contributed by atoms with E-state index >= 15 is 0 Å². The molecule has 6 nitrogen and oxygen atoms in total. The summed E-state index contributed by atoms with van der Waals surface area (Å²) in [4.78, 5) is 9.49. The molecule has 4 rings (SSSR count). The highest BCUT2D eigenvalue weighted by atomic mass is 32.2. The van der Waals surface area contributed by atoms with Gasteiger partial charge in [0.2, 0.25) is 26.6 Å². The number of anilines is 1. The molecular weight excluding hydrogens is 406 g/mol. The molecule has 0 aliphatic rings. The molecule has 0 unspecified atom stereocenters. The first-order valence-corrected chi connectivity index (χ1v) is 11.1. The average molecular weight is 424 g/mol. The molecule has 0 atom stereocenters. The van der Waals surface area contributed by atoms with E-state index in [0.29, 0.717) is 6.54 Å². The second kappa shape index (κ2) is 8.42. The minimum Gasteiger partial charge on any atom is -0.420 e. The van der Waals surface area contributed by atoms with E-state index in [0.717, 1.165) is 10.4 Å². The Bertz CT molecular complexity index is 1200. The second-order valence-electron chi connectivity index (χ2n) is 6.07. The van der Waals surface area contributed by atoms with Crippen LogP contribution in [-0.4, -0.2) is 18.4 Å². The van der Waals surface area contributed by atoms with Crippen molar-refractivity contribution in [2.75, 3.05) is 5.32 Å². The molecule has 1 aromatic carbocycles. The lowest BCUT2D eigenvalue weighted by molar-refractivity contribution is 0.554. The van der Waals surface area contributed by atoms with E-state index < -0.39 is 9.84 Å². The van der Waals surface area contributed by atoms with Crippen LogP contribution in [0.5, 0.6) is 0 Å². The summed E-state index contributed by atoms with van der Waals surface area (Å²) in [5, 5.41) is 4.86. The van der Waals surface area contributed by atoms with Gasteiger partial charge in [-0.25, -0.2) is 8.42 Å². The van der Waals surface area contributed by atoms with Crippen LogP contribution in [-0.2, 0) is 16.4 Å². The van der Waals surface area contributed by atoms with Crippen molar-refractivity contribution in [1.82, 2.24) is 9.97 Å². The Balaban J connectivity index is 1.69. The minimum atomic E-state index is -3.84. The first kappa shape index (κ1) is 19.1. The maximum absolute atomic E-state index is 13.1. The average Bonchev–Trinajstić information content (AvgIpc) is 3.42. The third kappa shape index (κ3) is 4.44. The molecule has 8 heteroatoms. The number of pyridine rings is 1. The van der Waals surface area contributed by atoms with Crippen LogP contribution in [0.15, 0.2) is 86.7 Å². The van der Waals surface area contributed by atoms with Crippen molar-refractivity contribution in [3.8, 4) is 0 Å². The van der Waals surface area contributed by atoms with Gasteiger partial charge in [0.1, 0.15) is 0 Å². The van der Waals surface area contributed by atoms with E-state index in [9.17, 15) is 8.42 Å². The molecule has 0 aliphatic heterocycles. The van der Waals surface area contributed by atoms with Crippen LogP contribution in [0.2, 0.25) is 0 Å². The molecule has 4 aromatic rings. The normalized spacial score (nSPS) is 11.7. The van der Waals surface area contributed by atoms with Crippen molar-refractivity contribution < 1.29 is 12.8 Å². The van der Waals surface area contributed by atoms with Crippen molar-refractivity contribution in [3.05, 3.63) is 88.7 Å². The van der Waals surface area contributed by atoms with Gasteiger partial charge in [-0.2, -0.15) is 4.98 Å². The van der Waals surface area contributed by atoms with Crippen LogP contribution in [0.3, 0.4) is 0 Å². The van der Waals surface area contributed by atoms with E-state index in [1.54, 1.807) is 48.0 Å². The van der Waals surface area contributed by atoms with Crippen molar-refractivity contribution in [1.29, 1.82) is 0 Å². The Hall–Kier alpha value is -3.23. The molecule has 1 N–H and O–H groups in total. The summed E-state index contributed by atoms with van der Waals surface area (Å²) in [5.74, 6) is 0.310. The number of nitrogens with zero attached hydrogens (tertiary/aromatic N) is 2. The summed E-state index contributed by atoms with van der Waals surface area (Å²) in [6.45, 7) is 0.356. The van der Waals surface area contributed by atoms with Crippen LogP contribution in [0, 0.1) is 0 Å². The van der Waals surface area contributed by atoms with E-state index in [1.807, 2.05) is 35.7 Å². The van der Waals surface area contributed by atoms with Gasteiger partial charge in [0.25, 0.3) is 0 Å². The zero-order chi connectivity index (χ0) is 20.1. The number of oxazole rings is 1. The highest BCUT2D eigenvalue weighted by molar-refractivity contribution is 7.91. The Morgan fingerprint density at radius 3 is 2.62 bits per heavy atom. The molecule has 0 saturated carbocycles. The van der Waals surface area contributed by atoms with Crippen molar-refractivity contribution in [2.45, 2.75) is 16.5 Å². The van der Waals surface area contributed by atoms with E-state index in [4.69, 9.17) is 4.42 Å². The number of aromatic nitrogens is 2. The van der Waals surface area contributed by atoms with E-state index in [-0.39, 0.29) is 21.7 Å². The second-order valence-corrected chi connectivity index (χ2v) is 8.91. The van der Waals surface area contributed by atoms with E-state index in [2.05, 4.69) is 15.3 Å². The fourth-order valence-corrected chi connectivity index (χ4v) is 4.55. The highest BCUT2D eigenvalue weighted by Gasteiger charge is 2.27. The summed E-state index contributed by atoms with van der Waals surface area (Å²) in [6, 6.07) is 15.8. The molecule has 29 heavy (non-hydrogen) atoms. The molecule has 0 bridgehead atoms. The van der Waals surface area contributed by atoms with Gasteiger partial charge in [0.15, 0.2) is 0 Å². The zero-order valence-electron chi connectivity index (χ0n) is 15.2. The number of hydrogen-bond donors (Lipinski definition) is 1. The molecule has 0 radical (unpaired) electrons. The quantitative estimate of drug-likeness (QED) is 0.462. The Morgan fingerprint density at radius 1 is 1.03 bits per heavy atom. The summed E-state index contributed by atoms with van der Waals surface area (Å²) in [5.41, 5.74) is 0.891. The molecule has 3 aromatic heterocycles. The maximum Gasteiger partial charge on any atom is 0.234 e. The van der Waals surface area contributed by atoms with Crippen molar-refractivity contribution in [3.63, 3.8) is 0 Å². The molecule has 3 heterocycles. The van der Waals surface area contributed by atoms with Gasteiger partial charge in [0, 0.05) is 29.9 Å². The lowest BCUT2D eigenvalue weighted by atomic mass is 10.3. The molecular formula is C21H17N3O3S2. The number of benzene rings is 1. The fourth-order valence-electron chi connectivity index (χ4n) is 2.62. The maximum atomic E-state index is 13.1. The Kier molecular flexibility index (Phi) is 5.55. The van der Waals surface area contributed by atoms with Crippen molar-refractivity contribution >= 4 is 39.2 Å². The van der Waals surface area contributed by atoms with Gasteiger partial charge in [0.05, 0.1) is 4.90 Å². The van der Waals surface area contributed by atoms with E-state index in [1.165, 1.54) is 12.1 Å². The zero-order valence-corrected chi connectivity index (χ0v) is 16.9. The molecule has 0 fully saturated rings. The molecule has 0 amide bonds. The predicted molar refractivity (Wildman–Crippen MR) is 113 cm³/mol. The topological polar surface area (TPSA) is 85.1 Å². The van der Waals surface area contributed by atoms with Gasteiger partial charge in [-0.15, -0.1) is 11.3 Å². The lowest BCUT2D eigenvalue weighted by Gasteiger charge is -2.06. The number of hydrogen-bond acceptors (Lipinski definition) is 7. The molecule has 146 valence electrons. The van der Waals surface area contributed by atoms with Crippen LogP contribution < -0.4 is 5.32 Å². The number of rotatable bonds is 7. The largest absolute Gasteiger partial charge is 0.420 e. The number of nitrogens with one attached hydrogen (secondary N) is 1. The Labute approximate surface area is 172 Å². The number of thiophene rings is 1. The van der Waals surface area contributed by atoms with Crippen LogP contribution in [0.1, 0.15) is 16.3 Å². The van der Waals surface area contributed by atoms with Crippen LogP contribution in [0.25, 0.3) is 12.2 Å². The molecule has 0 spiro atoms. The van der Waals surface area contributed by atoms with Gasteiger partial charge < -0.3 is 9.73 Å². The third-order valence-electron chi connectivity index (χ3n) is 4.03. The first-order valence-electron chi connectivity index (χ1n) is 8.78. The highest BCUT2D eigenvalue weighted by Crippen LogP contribution is 2.29. The summed E-state index contributed by atoms with van der Waals surface area (Å²) in [6.07, 6.45) is 6.87. The van der Waals surface area contributed by atoms with Gasteiger partial charge in [-0.1, -0.05) is 30.3 Å². The summed E-state index contributed by atoms with van der Waals surface area (Å²) < 4.78 is 32.0. The molecule has 0 saturated heterocycles. The minimum absolute atomic E-state index is 0.100. The van der Waals surface area contributed by atoms with Gasteiger partial charge in [-0.3, -0.25) is 4.98 Å². The van der Waals surface area contributed by atoms with Crippen molar-refractivity contribution in [2.24, 2.45) is 0 Å². The summed E-state index contributed by atoms with van der Waals surface area (Å²) in [7, 11) is -3.84. The first-order chi connectivity index (χ1) is 14.1. The van der Waals surface area contributed by atoms with Gasteiger partial charge >= 0.3 is 0 Å². The standard InChI is InChI=1S/C21H17N3O3S2/c25-29(26,18-8-2-1-3-9-18)21-20(23-15-16-6-4-12-22-14-16)27-19(24-21)11-10-17-7-5-13-28-17/h1-14,23H,15H2/b11-10+. The SMILES string of the molecule is O=S(=O)(c1ccccc1)c1nc(/C=C/c2cccs2)oc1NCc1cccnc1. The number of sulfone groups is 1. The molecule has 0 aliphatic carbocycles. The smallest absolute Gasteiger partial charge is 0.234 e. The van der Waals surface area contributed by atoms with Gasteiger partial charge in [-0.05, 0) is 41.3 Å². The fraction of sp³-hybridized carbons (Fsp3) is 0.0476. The Morgan fingerprint density at radius 2 is 1.90 bits per heavy atom.